The summed E-state index contributed by atoms with van der Waals surface area (Å²) in [5, 5.41) is 9.82. The van der Waals surface area contributed by atoms with Crippen LogP contribution in [0.3, 0.4) is 0 Å². The van der Waals surface area contributed by atoms with Gasteiger partial charge in [0.15, 0.2) is 0 Å². The van der Waals surface area contributed by atoms with Crippen molar-refractivity contribution in [3.05, 3.63) is 76.8 Å². The maximum absolute atomic E-state index is 11.0. The lowest BCUT2D eigenvalue weighted by Crippen LogP contribution is -2.07. The van der Waals surface area contributed by atoms with Crippen LogP contribution in [-0.4, -0.2) is 15.5 Å². The molecule has 1 heterocycles. The number of imidazole rings is 1. The number of ether oxygens (including phenoxy) is 2. The summed E-state index contributed by atoms with van der Waals surface area (Å²) in [6, 6.07) is 14.5. The number of carbonyl (C=O) groups is 1. The molecule has 28 heavy (non-hydrogen) atoms. The second kappa shape index (κ2) is 9.79. The number of aromatic nitrogens is 2. The molecule has 0 aliphatic carbocycles. The smallest absolute Gasteiger partial charge is 0.303 e. The molecule has 3 rings (SSSR count). The topological polar surface area (TPSA) is 77.1 Å². The zero-order chi connectivity index (χ0) is 19.2. The number of hydrogen-bond acceptors (Lipinski definition) is 5. The molecule has 2 aromatic carbocycles. The molecule has 8 heteroatoms. The summed E-state index contributed by atoms with van der Waals surface area (Å²) < 4.78 is 12.8. The first-order chi connectivity index (χ1) is 13.1. The van der Waals surface area contributed by atoms with Gasteiger partial charge in [-0.15, -0.1) is 12.4 Å². The van der Waals surface area contributed by atoms with E-state index in [0.717, 1.165) is 11.3 Å². The van der Waals surface area contributed by atoms with Gasteiger partial charge in [0, 0.05) is 13.5 Å². The number of halogens is 2. The zero-order valence-electron chi connectivity index (χ0n) is 15.0. The van der Waals surface area contributed by atoms with Crippen LogP contribution in [0.5, 0.6) is 11.5 Å². The molecule has 0 fully saturated rings. The molecular weight excluding hydrogens is 401 g/mol. The standard InChI is InChI=1S/C20H16ClN3O3.ClH/c1-14(25)26-12-17-10-23-13-24(17)11-15-6-7-16(9-22)20(8-15)27-19-5-3-2-4-18(19)21;/h2-8,10,13H,11-12H2,1H3;1H. The fourth-order valence-corrected chi connectivity index (χ4v) is 2.65. The summed E-state index contributed by atoms with van der Waals surface area (Å²) in [4.78, 5) is 15.1. The Bertz CT molecular complexity index is 1010. The van der Waals surface area contributed by atoms with Crippen molar-refractivity contribution in [1.82, 2.24) is 9.55 Å². The lowest BCUT2D eigenvalue weighted by atomic mass is 10.1. The Morgan fingerprint density at radius 2 is 2.04 bits per heavy atom. The molecular formula is C20H17Cl2N3O3. The average molecular weight is 418 g/mol. The van der Waals surface area contributed by atoms with Crippen LogP contribution in [0.1, 0.15) is 23.7 Å². The van der Waals surface area contributed by atoms with Crippen LogP contribution < -0.4 is 4.74 Å². The monoisotopic (exact) mass is 417 g/mol. The molecule has 1 aromatic heterocycles. The van der Waals surface area contributed by atoms with Crippen LogP contribution in [0.2, 0.25) is 5.02 Å². The van der Waals surface area contributed by atoms with E-state index in [4.69, 9.17) is 21.1 Å². The molecule has 0 unspecified atom stereocenters. The Kier molecular flexibility index (Phi) is 7.44. The van der Waals surface area contributed by atoms with Gasteiger partial charge in [-0.2, -0.15) is 5.26 Å². The highest BCUT2D eigenvalue weighted by molar-refractivity contribution is 6.32. The van der Waals surface area contributed by atoms with Crippen molar-refractivity contribution >= 4 is 30.0 Å². The molecule has 0 saturated heterocycles. The molecule has 0 atom stereocenters. The predicted molar refractivity (Wildman–Crippen MR) is 107 cm³/mol. The molecule has 0 amide bonds. The largest absolute Gasteiger partial charge is 0.459 e. The van der Waals surface area contributed by atoms with Crippen molar-refractivity contribution in [1.29, 1.82) is 5.26 Å². The fraction of sp³-hybridized carbons (Fsp3) is 0.150. The SMILES string of the molecule is CC(=O)OCc1cncn1Cc1ccc(C#N)c(Oc2ccccc2Cl)c1.Cl. The van der Waals surface area contributed by atoms with Crippen molar-refractivity contribution in [3.8, 4) is 17.6 Å². The molecule has 0 N–H and O–H groups in total. The Hall–Kier alpha value is -3.01. The maximum Gasteiger partial charge on any atom is 0.303 e. The maximum atomic E-state index is 11.0. The third-order valence-corrected chi connectivity index (χ3v) is 4.11. The van der Waals surface area contributed by atoms with Crippen LogP contribution in [-0.2, 0) is 22.7 Å². The highest BCUT2D eigenvalue weighted by atomic mass is 35.5. The van der Waals surface area contributed by atoms with Crippen LogP contribution >= 0.6 is 24.0 Å². The van der Waals surface area contributed by atoms with Crippen molar-refractivity contribution < 1.29 is 14.3 Å². The normalized spacial score (nSPS) is 9.89. The van der Waals surface area contributed by atoms with E-state index in [0.29, 0.717) is 28.6 Å². The highest BCUT2D eigenvalue weighted by Gasteiger charge is 2.11. The van der Waals surface area contributed by atoms with Crippen LogP contribution in [0, 0.1) is 11.3 Å². The zero-order valence-corrected chi connectivity index (χ0v) is 16.5. The third kappa shape index (κ3) is 5.26. The molecule has 0 radical (unpaired) electrons. The number of para-hydroxylation sites is 1. The van der Waals surface area contributed by atoms with Gasteiger partial charge in [-0.1, -0.05) is 29.8 Å². The van der Waals surface area contributed by atoms with E-state index < -0.39 is 0 Å². The van der Waals surface area contributed by atoms with E-state index in [-0.39, 0.29) is 25.0 Å². The summed E-state index contributed by atoms with van der Waals surface area (Å²) in [5.41, 5.74) is 2.07. The molecule has 0 saturated carbocycles. The third-order valence-electron chi connectivity index (χ3n) is 3.80. The van der Waals surface area contributed by atoms with Crippen LogP contribution in [0.15, 0.2) is 55.0 Å². The minimum atomic E-state index is -0.350. The number of nitrogens with zero attached hydrogens (tertiary/aromatic N) is 3. The summed E-state index contributed by atoms with van der Waals surface area (Å²) in [6.07, 6.45) is 3.30. The minimum Gasteiger partial charge on any atom is -0.459 e. The Morgan fingerprint density at radius 3 is 2.75 bits per heavy atom. The van der Waals surface area contributed by atoms with Gasteiger partial charge in [0.2, 0.25) is 0 Å². The van der Waals surface area contributed by atoms with E-state index >= 15 is 0 Å². The van der Waals surface area contributed by atoms with Crippen molar-refractivity contribution in [2.24, 2.45) is 0 Å². The van der Waals surface area contributed by atoms with Gasteiger partial charge in [0.25, 0.3) is 0 Å². The van der Waals surface area contributed by atoms with Crippen LogP contribution in [0.4, 0.5) is 0 Å². The van der Waals surface area contributed by atoms with Gasteiger partial charge in [-0.05, 0) is 29.8 Å². The molecule has 0 bridgehead atoms. The first kappa shape index (κ1) is 21.3. The van der Waals surface area contributed by atoms with Gasteiger partial charge in [-0.3, -0.25) is 4.79 Å². The number of carbonyl (C=O) groups excluding carboxylic acids is 1. The molecule has 0 aliphatic heterocycles. The molecule has 6 nitrogen and oxygen atoms in total. The summed E-state index contributed by atoms with van der Waals surface area (Å²) in [6.45, 7) is 2.00. The van der Waals surface area contributed by atoms with E-state index in [1.807, 2.05) is 16.7 Å². The minimum absolute atomic E-state index is 0. The second-order valence-corrected chi connectivity index (χ2v) is 6.18. The van der Waals surface area contributed by atoms with E-state index in [1.165, 1.54) is 6.92 Å². The lowest BCUT2D eigenvalue weighted by molar-refractivity contribution is -0.142. The summed E-state index contributed by atoms with van der Waals surface area (Å²) in [7, 11) is 0. The molecule has 0 spiro atoms. The number of esters is 1. The quantitative estimate of drug-likeness (QED) is 0.541. The highest BCUT2D eigenvalue weighted by Crippen LogP contribution is 2.31. The van der Waals surface area contributed by atoms with Gasteiger partial charge in [0.1, 0.15) is 24.2 Å². The first-order valence-corrected chi connectivity index (χ1v) is 8.52. The predicted octanol–water partition coefficient (Wildman–Crippen LogP) is 4.73. The Morgan fingerprint density at radius 1 is 1.25 bits per heavy atom. The molecule has 3 aromatic rings. The van der Waals surface area contributed by atoms with Crippen molar-refractivity contribution in [2.45, 2.75) is 20.1 Å². The molecule has 0 aliphatic rings. The van der Waals surface area contributed by atoms with E-state index in [1.54, 1.807) is 42.9 Å². The average Bonchev–Trinajstić information content (AvgIpc) is 3.09. The number of hydrogen-bond donors (Lipinski definition) is 0. The van der Waals surface area contributed by atoms with E-state index in [9.17, 15) is 10.1 Å². The van der Waals surface area contributed by atoms with Crippen molar-refractivity contribution in [3.63, 3.8) is 0 Å². The number of nitriles is 1. The Balaban J connectivity index is 0.00000280. The first-order valence-electron chi connectivity index (χ1n) is 8.14. The fourth-order valence-electron chi connectivity index (χ4n) is 2.47. The van der Waals surface area contributed by atoms with Gasteiger partial charge in [0.05, 0.1) is 28.8 Å². The summed E-state index contributed by atoms with van der Waals surface area (Å²) in [5.74, 6) is 0.548. The summed E-state index contributed by atoms with van der Waals surface area (Å²) >= 11 is 6.14. The Labute approximate surface area is 173 Å². The van der Waals surface area contributed by atoms with Crippen LogP contribution in [0.25, 0.3) is 0 Å². The molecule has 144 valence electrons. The van der Waals surface area contributed by atoms with Gasteiger partial charge < -0.3 is 14.0 Å². The number of benzene rings is 2. The second-order valence-electron chi connectivity index (χ2n) is 5.77. The van der Waals surface area contributed by atoms with E-state index in [2.05, 4.69) is 11.1 Å². The van der Waals surface area contributed by atoms with Gasteiger partial charge in [-0.25, -0.2) is 4.98 Å². The van der Waals surface area contributed by atoms with Crippen molar-refractivity contribution in [2.75, 3.05) is 0 Å². The number of rotatable bonds is 6. The van der Waals surface area contributed by atoms with Gasteiger partial charge >= 0.3 is 5.97 Å². The lowest BCUT2D eigenvalue weighted by Gasteiger charge is -2.12.